The first-order chi connectivity index (χ1) is 12.0. The van der Waals surface area contributed by atoms with Gasteiger partial charge in [0, 0.05) is 18.3 Å². The fourth-order valence-electron chi connectivity index (χ4n) is 2.53. The highest BCUT2D eigenvalue weighted by atomic mass is 32.2. The number of carbonyl (C=O) groups excluding carboxylic acids is 1. The van der Waals surface area contributed by atoms with Gasteiger partial charge >= 0.3 is 0 Å². The molecule has 5 nitrogen and oxygen atoms in total. The van der Waals surface area contributed by atoms with Gasteiger partial charge < -0.3 is 9.88 Å². The molecule has 0 fully saturated rings. The normalized spacial score (nSPS) is 10.7. The van der Waals surface area contributed by atoms with Crippen molar-refractivity contribution in [1.29, 1.82) is 0 Å². The summed E-state index contributed by atoms with van der Waals surface area (Å²) in [5.74, 6) is 1.02. The molecule has 3 rings (SSSR count). The maximum Gasteiger partial charge on any atom is 0.234 e. The van der Waals surface area contributed by atoms with E-state index in [1.54, 1.807) is 0 Å². The van der Waals surface area contributed by atoms with E-state index in [4.69, 9.17) is 0 Å². The van der Waals surface area contributed by atoms with Gasteiger partial charge in [0.1, 0.15) is 0 Å². The number of rotatable bonds is 5. The lowest BCUT2D eigenvalue weighted by atomic mass is 10.1. The molecule has 0 aliphatic rings. The summed E-state index contributed by atoms with van der Waals surface area (Å²) in [6, 6.07) is 15.9. The van der Waals surface area contributed by atoms with Crippen LogP contribution in [0.3, 0.4) is 0 Å². The van der Waals surface area contributed by atoms with Crippen LogP contribution in [0.2, 0.25) is 0 Å². The minimum atomic E-state index is -0.0595. The van der Waals surface area contributed by atoms with E-state index in [1.165, 1.54) is 17.3 Å². The number of aryl methyl sites for hydroxylation is 2. The average molecular weight is 352 g/mol. The van der Waals surface area contributed by atoms with Crippen molar-refractivity contribution in [2.75, 3.05) is 11.1 Å². The summed E-state index contributed by atoms with van der Waals surface area (Å²) < 4.78 is 1.92. The predicted octanol–water partition coefficient (Wildman–Crippen LogP) is 3.83. The second-order valence-electron chi connectivity index (χ2n) is 5.94. The van der Waals surface area contributed by atoms with Crippen molar-refractivity contribution >= 4 is 23.4 Å². The van der Waals surface area contributed by atoms with Crippen LogP contribution in [0.1, 0.15) is 11.1 Å². The largest absolute Gasteiger partial charge is 0.325 e. The van der Waals surface area contributed by atoms with E-state index < -0.39 is 0 Å². The Bertz CT molecular complexity index is 904. The van der Waals surface area contributed by atoms with Crippen LogP contribution >= 0.6 is 11.8 Å². The number of amides is 1. The van der Waals surface area contributed by atoms with Gasteiger partial charge in [0.15, 0.2) is 11.0 Å². The molecule has 3 aromatic rings. The number of thioether (sulfide) groups is 1. The molecule has 0 aliphatic carbocycles. The molecular weight excluding hydrogens is 332 g/mol. The van der Waals surface area contributed by atoms with Gasteiger partial charge in [-0.25, -0.2) is 0 Å². The number of nitrogens with one attached hydrogen (secondary N) is 1. The summed E-state index contributed by atoms with van der Waals surface area (Å²) >= 11 is 1.38. The van der Waals surface area contributed by atoms with Crippen LogP contribution in [0.25, 0.3) is 11.4 Å². The SMILES string of the molecule is Cc1cccc(NC(=O)CSc2nnc(-c3cccc(C)c3)n2C)c1. The first-order valence-corrected chi connectivity index (χ1v) is 8.97. The standard InChI is InChI=1S/C19H20N4OS/c1-13-6-4-8-15(10-13)18-21-22-19(23(18)3)25-12-17(24)20-16-9-5-7-14(2)11-16/h4-11H,12H2,1-3H3,(H,20,24). The number of carbonyl (C=O) groups is 1. The summed E-state index contributed by atoms with van der Waals surface area (Å²) in [5.41, 5.74) is 4.11. The van der Waals surface area contributed by atoms with Gasteiger partial charge in [0.2, 0.25) is 5.91 Å². The Balaban J connectivity index is 1.65. The molecule has 0 radical (unpaired) electrons. The third kappa shape index (κ3) is 4.28. The smallest absolute Gasteiger partial charge is 0.234 e. The Kier molecular flexibility index (Phi) is 5.19. The number of anilines is 1. The molecule has 1 amide bonds. The van der Waals surface area contributed by atoms with E-state index in [0.29, 0.717) is 0 Å². The topological polar surface area (TPSA) is 59.8 Å². The fourth-order valence-corrected chi connectivity index (χ4v) is 3.24. The monoisotopic (exact) mass is 352 g/mol. The lowest BCUT2D eigenvalue weighted by Crippen LogP contribution is -2.14. The highest BCUT2D eigenvalue weighted by molar-refractivity contribution is 7.99. The predicted molar refractivity (Wildman–Crippen MR) is 102 cm³/mol. The molecule has 0 saturated carbocycles. The van der Waals surface area contributed by atoms with E-state index >= 15 is 0 Å². The molecule has 6 heteroatoms. The molecule has 1 aromatic heterocycles. The van der Waals surface area contributed by atoms with Crippen molar-refractivity contribution in [2.45, 2.75) is 19.0 Å². The number of hydrogen-bond acceptors (Lipinski definition) is 4. The van der Waals surface area contributed by atoms with Crippen LogP contribution in [0.5, 0.6) is 0 Å². The number of hydrogen-bond donors (Lipinski definition) is 1. The quantitative estimate of drug-likeness (QED) is 0.709. The van der Waals surface area contributed by atoms with E-state index in [-0.39, 0.29) is 11.7 Å². The Morgan fingerprint density at radius 3 is 2.52 bits per heavy atom. The molecule has 0 saturated heterocycles. The summed E-state index contributed by atoms with van der Waals surface area (Å²) in [5, 5.41) is 12.1. The molecule has 2 aromatic carbocycles. The maximum atomic E-state index is 12.1. The number of nitrogens with zero attached hydrogens (tertiary/aromatic N) is 3. The van der Waals surface area contributed by atoms with Crippen molar-refractivity contribution in [3.8, 4) is 11.4 Å². The van der Waals surface area contributed by atoms with Crippen LogP contribution in [0, 0.1) is 13.8 Å². The first-order valence-electron chi connectivity index (χ1n) is 7.98. The molecule has 0 unspecified atom stereocenters. The van der Waals surface area contributed by atoms with Crippen molar-refractivity contribution in [1.82, 2.24) is 14.8 Å². The Labute approximate surface area is 151 Å². The van der Waals surface area contributed by atoms with Crippen molar-refractivity contribution in [3.63, 3.8) is 0 Å². The Morgan fingerprint density at radius 1 is 1.08 bits per heavy atom. The van der Waals surface area contributed by atoms with Gasteiger partial charge in [-0.2, -0.15) is 0 Å². The zero-order chi connectivity index (χ0) is 17.8. The Morgan fingerprint density at radius 2 is 1.80 bits per heavy atom. The van der Waals surface area contributed by atoms with Gasteiger partial charge in [-0.1, -0.05) is 47.7 Å². The van der Waals surface area contributed by atoms with Crippen LogP contribution in [0.4, 0.5) is 5.69 Å². The van der Waals surface area contributed by atoms with Crippen molar-refractivity contribution in [3.05, 3.63) is 59.7 Å². The first kappa shape index (κ1) is 17.2. The molecular formula is C19H20N4OS. The molecule has 0 bridgehead atoms. The van der Waals surface area contributed by atoms with Gasteiger partial charge in [-0.3, -0.25) is 4.79 Å². The average Bonchev–Trinajstić information content (AvgIpc) is 2.94. The highest BCUT2D eigenvalue weighted by Gasteiger charge is 2.13. The zero-order valence-corrected chi connectivity index (χ0v) is 15.3. The van der Waals surface area contributed by atoms with Gasteiger partial charge in [0.25, 0.3) is 0 Å². The van der Waals surface area contributed by atoms with Crippen molar-refractivity contribution < 1.29 is 4.79 Å². The lowest BCUT2D eigenvalue weighted by Gasteiger charge is -2.06. The fraction of sp³-hybridized carbons (Fsp3) is 0.211. The van der Waals surface area contributed by atoms with Gasteiger partial charge in [-0.15, -0.1) is 10.2 Å². The maximum absolute atomic E-state index is 12.1. The van der Waals surface area contributed by atoms with E-state index in [1.807, 2.05) is 67.9 Å². The molecule has 0 atom stereocenters. The third-order valence-corrected chi connectivity index (χ3v) is 4.77. The van der Waals surface area contributed by atoms with Crippen LogP contribution in [-0.4, -0.2) is 26.4 Å². The molecule has 1 N–H and O–H groups in total. The van der Waals surface area contributed by atoms with Crippen LogP contribution in [-0.2, 0) is 11.8 Å². The third-order valence-electron chi connectivity index (χ3n) is 3.75. The molecule has 25 heavy (non-hydrogen) atoms. The molecule has 0 spiro atoms. The molecule has 1 heterocycles. The number of aromatic nitrogens is 3. The Hall–Kier alpha value is -2.60. The minimum Gasteiger partial charge on any atom is -0.325 e. The van der Waals surface area contributed by atoms with Gasteiger partial charge in [0.05, 0.1) is 5.75 Å². The number of benzene rings is 2. The van der Waals surface area contributed by atoms with Gasteiger partial charge in [-0.05, 0) is 37.6 Å². The summed E-state index contributed by atoms with van der Waals surface area (Å²) in [4.78, 5) is 12.1. The summed E-state index contributed by atoms with van der Waals surface area (Å²) in [7, 11) is 1.92. The summed E-state index contributed by atoms with van der Waals surface area (Å²) in [6.45, 7) is 4.04. The zero-order valence-electron chi connectivity index (χ0n) is 14.5. The van der Waals surface area contributed by atoms with Crippen LogP contribution < -0.4 is 5.32 Å². The van der Waals surface area contributed by atoms with Crippen LogP contribution in [0.15, 0.2) is 53.7 Å². The second kappa shape index (κ2) is 7.53. The molecule has 0 aliphatic heterocycles. The minimum absolute atomic E-state index is 0.0595. The molecule has 128 valence electrons. The lowest BCUT2D eigenvalue weighted by molar-refractivity contribution is -0.113. The second-order valence-corrected chi connectivity index (χ2v) is 6.88. The summed E-state index contributed by atoms with van der Waals surface area (Å²) in [6.07, 6.45) is 0. The van der Waals surface area contributed by atoms with E-state index in [9.17, 15) is 4.79 Å². The highest BCUT2D eigenvalue weighted by Crippen LogP contribution is 2.23. The van der Waals surface area contributed by atoms with E-state index in [0.717, 1.165) is 27.8 Å². The van der Waals surface area contributed by atoms with Crippen molar-refractivity contribution in [2.24, 2.45) is 7.05 Å². The van der Waals surface area contributed by atoms with E-state index in [2.05, 4.69) is 21.6 Å².